The van der Waals surface area contributed by atoms with Crippen molar-refractivity contribution in [2.45, 2.75) is 25.3 Å². The number of aromatic amines is 1. The van der Waals surface area contributed by atoms with Crippen LogP contribution in [0.4, 0.5) is 5.69 Å². The van der Waals surface area contributed by atoms with Crippen LogP contribution >= 0.6 is 0 Å². The van der Waals surface area contributed by atoms with Gasteiger partial charge in [-0.25, -0.2) is 13.2 Å². The minimum absolute atomic E-state index is 0.0654. The van der Waals surface area contributed by atoms with E-state index in [9.17, 15) is 22.8 Å². The van der Waals surface area contributed by atoms with Gasteiger partial charge in [-0.3, -0.25) is 19.1 Å². The number of para-hydroxylation sites is 1. The van der Waals surface area contributed by atoms with Gasteiger partial charge in [-0.05, 0) is 30.3 Å². The molecule has 3 aromatic rings. The maximum Gasteiger partial charge on any atom is 0.329 e. The monoisotopic (exact) mass is 430 g/mol. The molecule has 158 valence electrons. The molecule has 0 spiro atoms. The van der Waals surface area contributed by atoms with E-state index < -0.39 is 27.2 Å². The van der Waals surface area contributed by atoms with E-state index in [1.54, 1.807) is 44.2 Å². The number of hydrogen-bond donors (Lipinski definition) is 2. The van der Waals surface area contributed by atoms with Gasteiger partial charge in [0, 0.05) is 18.8 Å². The Morgan fingerprint density at radius 3 is 2.47 bits per heavy atom. The molecule has 2 N–H and O–H groups in total. The van der Waals surface area contributed by atoms with E-state index in [0.717, 1.165) is 4.57 Å². The maximum absolute atomic E-state index is 12.7. The molecule has 1 amide bonds. The molecule has 1 heterocycles. The van der Waals surface area contributed by atoms with Crippen molar-refractivity contribution in [2.75, 3.05) is 18.4 Å². The van der Waals surface area contributed by atoms with Crippen molar-refractivity contribution in [2.24, 2.45) is 0 Å². The summed E-state index contributed by atoms with van der Waals surface area (Å²) in [6.45, 7) is 3.82. The van der Waals surface area contributed by atoms with Crippen LogP contribution in [-0.4, -0.2) is 41.3 Å². The molecule has 2 aromatic carbocycles. The molecule has 9 nitrogen and oxygen atoms in total. The number of carbonyl (C=O) groups is 1. The molecule has 0 fully saturated rings. The average molecular weight is 430 g/mol. The molecule has 0 bridgehead atoms. The van der Waals surface area contributed by atoms with Crippen LogP contribution in [0, 0.1) is 0 Å². The number of hydrogen-bond acceptors (Lipinski definition) is 5. The van der Waals surface area contributed by atoms with E-state index in [1.807, 2.05) is 0 Å². The van der Waals surface area contributed by atoms with Gasteiger partial charge in [0.25, 0.3) is 5.56 Å². The lowest BCUT2D eigenvalue weighted by molar-refractivity contribution is -0.116. The van der Waals surface area contributed by atoms with E-state index in [4.69, 9.17) is 0 Å². The topological polar surface area (TPSA) is 121 Å². The predicted octanol–water partition coefficient (Wildman–Crippen LogP) is 1.36. The summed E-state index contributed by atoms with van der Waals surface area (Å²) in [7, 11) is -3.67. The molecule has 0 aliphatic carbocycles. The smallest absolute Gasteiger partial charge is 0.324 e. The Labute approximate surface area is 173 Å². The van der Waals surface area contributed by atoms with E-state index in [0.29, 0.717) is 18.6 Å². The summed E-state index contributed by atoms with van der Waals surface area (Å²) in [4.78, 5) is 39.0. The van der Waals surface area contributed by atoms with Crippen LogP contribution in [0.2, 0.25) is 0 Å². The van der Waals surface area contributed by atoms with Crippen LogP contribution < -0.4 is 16.6 Å². The first-order valence-electron chi connectivity index (χ1n) is 9.39. The largest absolute Gasteiger partial charge is 0.329 e. The van der Waals surface area contributed by atoms with E-state index in [1.165, 1.54) is 22.5 Å². The first kappa shape index (κ1) is 21.5. The number of amides is 1. The molecule has 0 saturated carbocycles. The van der Waals surface area contributed by atoms with Crippen molar-refractivity contribution in [1.82, 2.24) is 13.9 Å². The van der Waals surface area contributed by atoms with Gasteiger partial charge in [0.05, 0.1) is 15.8 Å². The number of carbonyl (C=O) groups excluding carboxylic acids is 1. The number of benzene rings is 2. The summed E-state index contributed by atoms with van der Waals surface area (Å²) < 4.78 is 27.8. The molecule has 0 aliphatic rings. The fourth-order valence-electron chi connectivity index (χ4n) is 3.19. The average Bonchev–Trinajstić information content (AvgIpc) is 2.72. The summed E-state index contributed by atoms with van der Waals surface area (Å²) >= 11 is 0. The number of H-pyrrole nitrogens is 1. The lowest BCUT2D eigenvalue weighted by Gasteiger charge is -2.19. The minimum atomic E-state index is -3.67. The molecular formula is C20H22N4O5S. The number of aromatic nitrogens is 2. The van der Waals surface area contributed by atoms with Crippen LogP contribution in [0.25, 0.3) is 10.9 Å². The summed E-state index contributed by atoms with van der Waals surface area (Å²) in [5.41, 5.74) is -0.609. The number of sulfonamides is 1. The Hall–Kier alpha value is -3.24. The maximum atomic E-state index is 12.7. The summed E-state index contributed by atoms with van der Waals surface area (Å²) in [6.07, 6.45) is 0. The van der Waals surface area contributed by atoms with Crippen molar-refractivity contribution >= 4 is 32.5 Å². The van der Waals surface area contributed by atoms with Gasteiger partial charge in [-0.2, -0.15) is 4.31 Å². The highest BCUT2D eigenvalue weighted by molar-refractivity contribution is 7.89. The third-order valence-electron chi connectivity index (χ3n) is 4.67. The van der Waals surface area contributed by atoms with Gasteiger partial charge >= 0.3 is 5.69 Å². The number of fused-ring (bicyclic) bond motifs is 1. The van der Waals surface area contributed by atoms with Gasteiger partial charge in [0.15, 0.2) is 0 Å². The molecule has 0 atom stereocenters. The van der Waals surface area contributed by atoms with Crippen molar-refractivity contribution in [3.8, 4) is 0 Å². The van der Waals surface area contributed by atoms with Crippen molar-refractivity contribution < 1.29 is 13.2 Å². The van der Waals surface area contributed by atoms with Crippen LogP contribution in [-0.2, 0) is 21.4 Å². The predicted molar refractivity (Wildman–Crippen MR) is 114 cm³/mol. The quantitative estimate of drug-likeness (QED) is 0.586. The third-order valence-corrected chi connectivity index (χ3v) is 6.71. The van der Waals surface area contributed by atoms with Gasteiger partial charge < -0.3 is 5.32 Å². The van der Waals surface area contributed by atoms with E-state index >= 15 is 0 Å². The number of nitrogens with one attached hydrogen (secondary N) is 2. The minimum Gasteiger partial charge on any atom is -0.324 e. The normalized spacial score (nSPS) is 11.7. The Morgan fingerprint density at radius 1 is 1.07 bits per heavy atom. The van der Waals surface area contributed by atoms with Crippen molar-refractivity contribution in [3.63, 3.8) is 0 Å². The molecule has 0 saturated heterocycles. The summed E-state index contributed by atoms with van der Waals surface area (Å²) in [5.74, 6) is -0.535. The van der Waals surface area contributed by atoms with Gasteiger partial charge in [-0.15, -0.1) is 0 Å². The van der Waals surface area contributed by atoms with Crippen LogP contribution in [0.1, 0.15) is 13.8 Å². The molecule has 0 unspecified atom stereocenters. The highest BCUT2D eigenvalue weighted by atomic mass is 32.2. The molecular weight excluding hydrogens is 408 g/mol. The second-order valence-corrected chi connectivity index (χ2v) is 8.47. The first-order valence-corrected chi connectivity index (χ1v) is 10.8. The molecule has 1 aromatic heterocycles. The zero-order valence-corrected chi connectivity index (χ0v) is 17.4. The second-order valence-electron chi connectivity index (χ2n) is 6.53. The van der Waals surface area contributed by atoms with Crippen molar-refractivity contribution in [1.29, 1.82) is 0 Å². The van der Waals surface area contributed by atoms with Crippen LogP contribution in [0.5, 0.6) is 0 Å². The van der Waals surface area contributed by atoms with Gasteiger partial charge in [0.2, 0.25) is 15.9 Å². The second kappa shape index (κ2) is 8.64. The summed E-state index contributed by atoms with van der Waals surface area (Å²) in [6, 6.07) is 12.4. The van der Waals surface area contributed by atoms with Crippen LogP contribution in [0.15, 0.2) is 63.0 Å². The zero-order valence-electron chi connectivity index (χ0n) is 16.6. The highest BCUT2D eigenvalue weighted by Gasteiger charge is 2.22. The Bertz CT molecular complexity index is 1310. The van der Waals surface area contributed by atoms with E-state index in [-0.39, 0.29) is 22.5 Å². The van der Waals surface area contributed by atoms with Gasteiger partial charge in [0.1, 0.15) is 6.54 Å². The SMILES string of the molecule is CCN(CC)S(=O)(=O)c1cccc(NC(=O)Cn2c(=O)[nH]c(=O)c3ccccc32)c1. The standard InChI is InChI=1S/C20H22N4O5S/c1-3-23(4-2)30(28,29)15-9-7-8-14(12-15)21-18(25)13-24-17-11-6-5-10-16(17)19(26)22-20(24)27/h5-12H,3-4,13H2,1-2H3,(H,21,25)(H,22,26,27). The Morgan fingerprint density at radius 2 is 1.77 bits per heavy atom. The molecule has 3 rings (SSSR count). The number of anilines is 1. The fraction of sp³-hybridized carbons (Fsp3) is 0.250. The summed E-state index contributed by atoms with van der Waals surface area (Å²) in [5, 5.41) is 2.90. The molecule has 0 aliphatic heterocycles. The lowest BCUT2D eigenvalue weighted by atomic mass is 10.2. The lowest BCUT2D eigenvalue weighted by Crippen LogP contribution is -2.34. The number of rotatable bonds is 7. The number of nitrogens with zero attached hydrogens (tertiary/aromatic N) is 2. The van der Waals surface area contributed by atoms with Gasteiger partial charge in [-0.1, -0.05) is 32.0 Å². The molecule has 30 heavy (non-hydrogen) atoms. The zero-order chi connectivity index (χ0) is 21.9. The van der Waals surface area contributed by atoms with Crippen molar-refractivity contribution in [3.05, 3.63) is 69.4 Å². The molecule has 0 radical (unpaired) electrons. The third kappa shape index (κ3) is 4.19. The first-order chi connectivity index (χ1) is 14.3. The fourth-order valence-corrected chi connectivity index (χ4v) is 4.69. The Kier molecular flexibility index (Phi) is 6.18. The molecule has 10 heteroatoms. The highest BCUT2D eigenvalue weighted by Crippen LogP contribution is 2.19. The van der Waals surface area contributed by atoms with E-state index in [2.05, 4.69) is 10.3 Å². The van der Waals surface area contributed by atoms with Crippen LogP contribution in [0.3, 0.4) is 0 Å². The Balaban J connectivity index is 1.88.